The predicted octanol–water partition coefficient (Wildman–Crippen LogP) is 2.09. The van der Waals surface area contributed by atoms with Crippen molar-refractivity contribution in [3.05, 3.63) is 16.5 Å². The lowest BCUT2D eigenvalue weighted by Gasteiger charge is -2.25. The van der Waals surface area contributed by atoms with E-state index in [1.165, 1.54) is 12.1 Å². The zero-order chi connectivity index (χ0) is 13.3. The van der Waals surface area contributed by atoms with Crippen molar-refractivity contribution in [3.8, 4) is 0 Å². The average molecular weight is 298 g/mol. The monoisotopic (exact) mass is 297 g/mol. The first-order chi connectivity index (χ1) is 7.63. The molecule has 0 spiro atoms. The molecule has 1 unspecified atom stereocenters. The summed E-state index contributed by atoms with van der Waals surface area (Å²) in [6, 6.07) is 2.97. The fourth-order valence-corrected chi connectivity index (χ4v) is 3.57. The number of hydrogen-bond acceptors (Lipinski definition) is 4. The van der Waals surface area contributed by atoms with E-state index in [0.29, 0.717) is 4.34 Å². The van der Waals surface area contributed by atoms with E-state index in [1.807, 2.05) is 20.8 Å². The van der Waals surface area contributed by atoms with Crippen molar-refractivity contribution in [2.45, 2.75) is 31.1 Å². The molecule has 1 rings (SSSR count). The van der Waals surface area contributed by atoms with Gasteiger partial charge < -0.3 is 5.11 Å². The molecule has 1 aromatic rings. The van der Waals surface area contributed by atoms with Crippen LogP contribution in [0, 0.1) is 5.41 Å². The van der Waals surface area contributed by atoms with Gasteiger partial charge in [0.2, 0.25) is 10.0 Å². The predicted molar refractivity (Wildman–Crippen MR) is 70.0 cm³/mol. The molecule has 2 N–H and O–H groups in total. The molecule has 0 radical (unpaired) electrons. The van der Waals surface area contributed by atoms with Crippen molar-refractivity contribution in [3.63, 3.8) is 0 Å². The molecule has 7 heteroatoms. The first-order valence-electron chi connectivity index (χ1n) is 5.06. The molecule has 1 heterocycles. The summed E-state index contributed by atoms with van der Waals surface area (Å²) in [5.74, 6) is 0. The fourth-order valence-electron chi connectivity index (χ4n) is 1.01. The first kappa shape index (κ1) is 14.9. The Morgan fingerprint density at radius 3 is 2.47 bits per heavy atom. The molecule has 1 atom stereocenters. The Morgan fingerprint density at radius 2 is 2.06 bits per heavy atom. The molecular formula is C10H16ClNO3S2. The van der Waals surface area contributed by atoms with Crippen LogP contribution in [-0.2, 0) is 10.0 Å². The lowest BCUT2D eigenvalue weighted by molar-refractivity contribution is 0.0677. The van der Waals surface area contributed by atoms with Gasteiger partial charge in [-0.1, -0.05) is 32.4 Å². The fraction of sp³-hybridized carbons (Fsp3) is 0.600. The maximum absolute atomic E-state index is 11.8. The van der Waals surface area contributed by atoms with Gasteiger partial charge in [-0.2, -0.15) is 0 Å². The highest BCUT2D eigenvalue weighted by Gasteiger charge is 2.25. The molecule has 0 fully saturated rings. The van der Waals surface area contributed by atoms with Crippen molar-refractivity contribution in [1.82, 2.24) is 4.72 Å². The number of halogens is 1. The van der Waals surface area contributed by atoms with E-state index < -0.39 is 16.1 Å². The molecule has 0 saturated carbocycles. The third-order valence-corrected chi connectivity index (χ3v) is 5.43. The molecule has 0 aliphatic carbocycles. The SMILES string of the molecule is CC(C)(C)C(O)CNS(=O)(=O)c1ccc(Cl)s1. The second kappa shape index (κ2) is 5.24. The van der Waals surface area contributed by atoms with Crippen LogP contribution < -0.4 is 4.72 Å². The van der Waals surface area contributed by atoms with Gasteiger partial charge in [0, 0.05) is 6.54 Å². The van der Waals surface area contributed by atoms with Gasteiger partial charge in [-0.15, -0.1) is 11.3 Å². The lowest BCUT2D eigenvalue weighted by atomic mass is 9.89. The number of nitrogens with one attached hydrogen (secondary N) is 1. The quantitative estimate of drug-likeness (QED) is 0.894. The van der Waals surface area contributed by atoms with E-state index in [2.05, 4.69) is 4.72 Å². The van der Waals surface area contributed by atoms with Crippen molar-refractivity contribution < 1.29 is 13.5 Å². The minimum Gasteiger partial charge on any atom is -0.391 e. The Hall–Kier alpha value is -0.140. The topological polar surface area (TPSA) is 66.4 Å². The van der Waals surface area contributed by atoms with Crippen LogP contribution in [-0.4, -0.2) is 26.2 Å². The van der Waals surface area contributed by atoms with Crippen LogP contribution >= 0.6 is 22.9 Å². The Kier molecular flexibility index (Phi) is 4.60. The summed E-state index contributed by atoms with van der Waals surface area (Å²) in [5, 5.41) is 9.75. The minimum absolute atomic E-state index is 0.0125. The number of hydrogen-bond donors (Lipinski definition) is 2. The molecule has 0 saturated heterocycles. The first-order valence-corrected chi connectivity index (χ1v) is 7.74. The smallest absolute Gasteiger partial charge is 0.250 e. The highest BCUT2D eigenvalue weighted by Crippen LogP contribution is 2.25. The Labute approximate surface area is 111 Å². The zero-order valence-electron chi connectivity index (χ0n) is 9.90. The van der Waals surface area contributed by atoms with Crippen molar-refractivity contribution in [2.24, 2.45) is 5.41 Å². The maximum atomic E-state index is 11.8. The molecule has 1 aromatic heterocycles. The number of thiophene rings is 1. The molecule has 0 amide bonds. The van der Waals surface area contributed by atoms with E-state index in [-0.39, 0.29) is 16.2 Å². The van der Waals surface area contributed by atoms with Gasteiger partial charge in [-0.05, 0) is 17.5 Å². The number of rotatable bonds is 4. The summed E-state index contributed by atoms with van der Waals surface area (Å²) in [6.07, 6.45) is -0.743. The number of aliphatic hydroxyl groups excluding tert-OH is 1. The Balaban J connectivity index is 2.69. The van der Waals surface area contributed by atoms with Crippen LogP contribution in [0.5, 0.6) is 0 Å². The minimum atomic E-state index is -3.57. The van der Waals surface area contributed by atoms with E-state index in [0.717, 1.165) is 11.3 Å². The standard InChI is InChI=1S/C10H16ClNO3S2/c1-10(2,3)7(13)6-12-17(14,15)9-5-4-8(11)16-9/h4-5,7,12-13H,6H2,1-3H3. The number of aliphatic hydroxyl groups is 1. The van der Waals surface area contributed by atoms with Gasteiger partial charge in [0.05, 0.1) is 10.4 Å². The zero-order valence-corrected chi connectivity index (χ0v) is 12.3. The van der Waals surface area contributed by atoms with Crippen LogP contribution in [0.1, 0.15) is 20.8 Å². The van der Waals surface area contributed by atoms with Gasteiger partial charge in [0.15, 0.2) is 0 Å². The summed E-state index contributed by atoms with van der Waals surface area (Å²) >= 11 is 6.67. The highest BCUT2D eigenvalue weighted by atomic mass is 35.5. The largest absolute Gasteiger partial charge is 0.391 e. The van der Waals surface area contributed by atoms with Crippen LogP contribution in [0.4, 0.5) is 0 Å². The molecule has 98 valence electrons. The summed E-state index contributed by atoms with van der Waals surface area (Å²) in [7, 11) is -3.57. The van der Waals surface area contributed by atoms with E-state index in [4.69, 9.17) is 11.6 Å². The van der Waals surface area contributed by atoms with E-state index in [1.54, 1.807) is 0 Å². The number of sulfonamides is 1. The maximum Gasteiger partial charge on any atom is 0.250 e. The third-order valence-electron chi connectivity index (χ3n) is 2.28. The van der Waals surface area contributed by atoms with Gasteiger partial charge in [-0.25, -0.2) is 13.1 Å². The highest BCUT2D eigenvalue weighted by molar-refractivity contribution is 7.91. The second-order valence-electron chi connectivity index (χ2n) is 4.79. The van der Waals surface area contributed by atoms with Crippen LogP contribution in [0.15, 0.2) is 16.3 Å². The second-order valence-corrected chi connectivity index (χ2v) is 8.50. The lowest BCUT2D eigenvalue weighted by Crippen LogP contribution is -2.38. The summed E-state index contributed by atoms with van der Waals surface area (Å²) < 4.78 is 26.6. The van der Waals surface area contributed by atoms with Crippen LogP contribution in [0.3, 0.4) is 0 Å². The Morgan fingerprint density at radius 1 is 1.47 bits per heavy atom. The van der Waals surface area contributed by atoms with E-state index in [9.17, 15) is 13.5 Å². The molecule has 4 nitrogen and oxygen atoms in total. The summed E-state index contributed by atoms with van der Waals surface area (Å²) in [4.78, 5) is 0. The third kappa shape index (κ3) is 4.22. The molecule has 0 bridgehead atoms. The van der Waals surface area contributed by atoms with Gasteiger partial charge in [0.25, 0.3) is 0 Å². The molecule has 0 aliphatic heterocycles. The summed E-state index contributed by atoms with van der Waals surface area (Å²) in [6.45, 7) is 5.51. The molecule has 0 aliphatic rings. The van der Waals surface area contributed by atoms with Crippen molar-refractivity contribution in [1.29, 1.82) is 0 Å². The van der Waals surface area contributed by atoms with Gasteiger partial charge in [-0.3, -0.25) is 0 Å². The van der Waals surface area contributed by atoms with Crippen molar-refractivity contribution >= 4 is 33.0 Å². The van der Waals surface area contributed by atoms with Crippen molar-refractivity contribution in [2.75, 3.05) is 6.54 Å². The molecular weight excluding hydrogens is 282 g/mol. The molecule has 17 heavy (non-hydrogen) atoms. The van der Waals surface area contributed by atoms with E-state index >= 15 is 0 Å². The normalized spacial score (nSPS) is 14.9. The summed E-state index contributed by atoms with van der Waals surface area (Å²) in [5.41, 5.74) is -0.365. The van der Waals surface area contributed by atoms with Crippen LogP contribution in [0.25, 0.3) is 0 Å². The average Bonchev–Trinajstić information content (AvgIpc) is 2.60. The van der Waals surface area contributed by atoms with Gasteiger partial charge in [0.1, 0.15) is 4.21 Å². The molecule has 0 aromatic carbocycles. The van der Waals surface area contributed by atoms with Crippen LogP contribution in [0.2, 0.25) is 4.34 Å². The van der Waals surface area contributed by atoms with Gasteiger partial charge >= 0.3 is 0 Å². The Bertz CT molecular complexity index is 476.